The van der Waals surface area contributed by atoms with Gasteiger partial charge in [-0.2, -0.15) is 5.10 Å². The number of guanidine groups is 1. The Kier molecular flexibility index (Phi) is 6.21. The van der Waals surface area contributed by atoms with E-state index in [2.05, 4.69) is 22.3 Å². The van der Waals surface area contributed by atoms with Crippen molar-refractivity contribution in [3.8, 4) is 0 Å². The second-order valence-electron chi connectivity index (χ2n) is 5.58. The van der Waals surface area contributed by atoms with Gasteiger partial charge in [-0.25, -0.2) is 4.99 Å². The zero-order valence-electron chi connectivity index (χ0n) is 13.8. The number of rotatable bonds is 7. The summed E-state index contributed by atoms with van der Waals surface area (Å²) >= 11 is 0. The molecule has 1 aromatic rings. The van der Waals surface area contributed by atoms with Crippen LogP contribution in [0.15, 0.2) is 4.99 Å². The first-order chi connectivity index (χ1) is 10.6. The Bertz CT molecular complexity index is 506. The van der Waals surface area contributed by atoms with Gasteiger partial charge in [0.1, 0.15) is 0 Å². The predicted octanol–water partition coefficient (Wildman–Crippen LogP) is 0.730. The molecule has 3 N–H and O–H groups in total. The van der Waals surface area contributed by atoms with Crippen molar-refractivity contribution in [2.45, 2.75) is 45.9 Å². The molecule has 2 rings (SSSR count). The highest BCUT2D eigenvalue weighted by Crippen LogP contribution is 2.14. The quantitative estimate of drug-likeness (QED) is 0.573. The Hall–Kier alpha value is -1.60. The average Bonchev–Trinajstić information content (AvgIpc) is 3.10. The molecule has 0 saturated carbocycles. The molecule has 7 heteroatoms. The van der Waals surface area contributed by atoms with E-state index in [0.717, 1.165) is 49.5 Å². The van der Waals surface area contributed by atoms with Gasteiger partial charge in [0.15, 0.2) is 5.96 Å². The van der Waals surface area contributed by atoms with Crippen LogP contribution in [0.1, 0.15) is 29.8 Å². The predicted molar refractivity (Wildman–Crippen MR) is 85.9 cm³/mol. The van der Waals surface area contributed by atoms with Crippen molar-refractivity contribution >= 4 is 5.96 Å². The third-order valence-corrected chi connectivity index (χ3v) is 3.98. The van der Waals surface area contributed by atoms with Gasteiger partial charge in [-0.05, 0) is 26.7 Å². The third-order valence-electron chi connectivity index (χ3n) is 3.98. The van der Waals surface area contributed by atoms with Gasteiger partial charge in [0.25, 0.3) is 0 Å². The lowest BCUT2D eigenvalue weighted by Crippen LogP contribution is -2.37. The number of aryl methyl sites for hydroxylation is 1. The molecule has 0 amide bonds. The fourth-order valence-corrected chi connectivity index (χ4v) is 2.60. The minimum Gasteiger partial charge on any atom is -0.383 e. The summed E-state index contributed by atoms with van der Waals surface area (Å²) in [7, 11) is 1.69. The van der Waals surface area contributed by atoms with Crippen LogP contribution in [0, 0.1) is 13.8 Å². The first-order valence-electron chi connectivity index (χ1n) is 7.79. The van der Waals surface area contributed by atoms with Crippen molar-refractivity contribution in [2.75, 3.05) is 26.9 Å². The van der Waals surface area contributed by atoms with E-state index in [1.807, 2.05) is 11.6 Å². The van der Waals surface area contributed by atoms with E-state index in [1.165, 1.54) is 0 Å². The van der Waals surface area contributed by atoms with Gasteiger partial charge in [-0.15, -0.1) is 0 Å². The van der Waals surface area contributed by atoms with Crippen molar-refractivity contribution in [3.05, 3.63) is 17.0 Å². The van der Waals surface area contributed by atoms with Gasteiger partial charge in [-0.3, -0.25) is 4.68 Å². The molecule has 1 aliphatic rings. The van der Waals surface area contributed by atoms with Crippen LogP contribution in [0.5, 0.6) is 0 Å². The van der Waals surface area contributed by atoms with Gasteiger partial charge >= 0.3 is 0 Å². The second-order valence-corrected chi connectivity index (χ2v) is 5.58. The maximum Gasteiger partial charge on any atom is 0.189 e. The lowest BCUT2D eigenvalue weighted by molar-refractivity contribution is 0.114. The van der Waals surface area contributed by atoms with E-state index in [-0.39, 0.29) is 6.10 Å². The van der Waals surface area contributed by atoms with Crippen LogP contribution >= 0.6 is 0 Å². The molecule has 0 spiro atoms. The van der Waals surface area contributed by atoms with Crippen LogP contribution in [0.3, 0.4) is 0 Å². The molecular formula is C15H27N5O2. The molecule has 1 fully saturated rings. The van der Waals surface area contributed by atoms with Crippen molar-refractivity contribution < 1.29 is 9.47 Å². The van der Waals surface area contributed by atoms with Crippen LogP contribution in [0.4, 0.5) is 0 Å². The number of nitrogens with zero attached hydrogens (tertiary/aromatic N) is 3. The molecule has 124 valence electrons. The molecule has 1 unspecified atom stereocenters. The Morgan fingerprint density at radius 3 is 3.05 bits per heavy atom. The fourth-order valence-electron chi connectivity index (χ4n) is 2.60. The number of aromatic nitrogens is 2. The van der Waals surface area contributed by atoms with Gasteiger partial charge in [-0.1, -0.05) is 0 Å². The average molecular weight is 309 g/mol. The van der Waals surface area contributed by atoms with Crippen molar-refractivity contribution in [1.29, 1.82) is 0 Å². The monoisotopic (exact) mass is 309 g/mol. The summed E-state index contributed by atoms with van der Waals surface area (Å²) in [5.74, 6) is 0.457. The van der Waals surface area contributed by atoms with E-state index in [1.54, 1.807) is 7.11 Å². The van der Waals surface area contributed by atoms with Crippen LogP contribution in [-0.2, 0) is 22.6 Å². The summed E-state index contributed by atoms with van der Waals surface area (Å²) in [6.07, 6.45) is 2.47. The van der Waals surface area contributed by atoms with E-state index in [4.69, 9.17) is 15.2 Å². The van der Waals surface area contributed by atoms with E-state index >= 15 is 0 Å². The molecule has 1 aliphatic heterocycles. The molecule has 0 bridgehead atoms. The first kappa shape index (κ1) is 16.8. The van der Waals surface area contributed by atoms with E-state index < -0.39 is 0 Å². The van der Waals surface area contributed by atoms with Crippen LogP contribution in [0.25, 0.3) is 0 Å². The molecular weight excluding hydrogens is 282 g/mol. The largest absolute Gasteiger partial charge is 0.383 e. The Balaban J connectivity index is 1.88. The van der Waals surface area contributed by atoms with Crippen molar-refractivity contribution in [3.63, 3.8) is 0 Å². The van der Waals surface area contributed by atoms with E-state index in [0.29, 0.717) is 19.1 Å². The summed E-state index contributed by atoms with van der Waals surface area (Å²) in [6, 6.07) is 0. The smallest absolute Gasteiger partial charge is 0.189 e. The summed E-state index contributed by atoms with van der Waals surface area (Å²) in [5.41, 5.74) is 9.15. The van der Waals surface area contributed by atoms with Gasteiger partial charge in [0.05, 0.1) is 31.5 Å². The standard InChI is InChI=1S/C15H27N5O2/c1-11-14(12(2)20(19-11)6-8-21-3)10-18-15(16)17-9-13-5-4-7-22-13/h13H,4-10H2,1-3H3,(H3,16,17,18). The highest BCUT2D eigenvalue weighted by Gasteiger charge is 2.15. The van der Waals surface area contributed by atoms with Gasteiger partial charge in [0, 0.05) is 31.5 Å². The normalized spacial score (nSPS) is 18.9. The molecule has 2 heterocycles. The number of aliphatic imine (C=N–C) groups is 1. The number of methoxy groups -OCH3 is 1. The zero-order valence-corrected chi connectivity index (χ0v) is 13.8. The topological polar surface area (TPSA) is 86.7 Å². The molecule has 0 radical (unpaired) electrons. The van der Waals surface area contributed by atoms with Crippen molar-refractivity contribution in [1.82, 2.24) is 15.1 Å². The molecule has 0 aromatic carbocycles. The molecule has 7 nitrogen and oxygen atoms in total. The summed E-state index contributed by atoms with van der Waals surface area (Å²) in [4.78, 5) is 4.41. The minimum atomic E-state index is 0.258. The second kappa shape index (κ2) is 8.14. The number of nitrogens with two attached hydrogens (primary N) is 1. The molecule has 22 heavy (non-hydrogen) atoms. The fraction of sp³-hybridized carbons (Fsp3) is 0.733. The summed E-state index contributed by atoms with van der Waals surface area (Å²) in [5, 5.41) is 7.65. The number of ether oxygens (including phenoxy) is 2. The Morgan fingerprint density at radius 2 is 2.36 bits per heavy atom. The number of hydrogen-bond acceptors (Lipinski definition) is 4. The van der Waals surface area contributed by atoms with Gasteiger partial charge in [0.2, 0.25) is 0 Å². The molecule has 1 aromatic heterocycles. The van der Waals surface area contributed by atoms with Crippen LogP contribution in [-0.4, -0.2) is 48.7 Å². The van der Waals surface area contributed by atoms with Crippen LogP contribution in [0.2, 0.25) is 0 Å². The maximum absolute atomic E-state index is 5.92. The highest BCUT2D eigenvalue weighted by molar-refractivity contribution is 5.77. The lowest BCUT2D eigenvalue weighted by atomic mass is 10.2. The molecule has 0 aliphatic carbocycles. The zero-order chi connectivity index (χ0) is 15.9. The molecule has 1 saturated heterocycles. The third kappa shape index (κ3) is 4.45. The van der Waals surface area contributed by atoms with Crippen molar-refractivity contribution in [2.24, 2.45) is 10.7 Å². The van der Waals surface area contributed by atoms with Gasteiger partial charge < -0.3 is 20.5 Å². The highest BCUT2D eigenvalue weighted by atomic mass is 16.5. The summed E-state index contributed by atoms with van der Waals surface area (Å²) in [6.45, 7) is 7.56. The number of nitrogens with one attached hydrogen (secondary N) is 1. The minimum absolute atomic E-state index is 0.258. The summed E-state index contributed by atoms with van der Waals surface area (Å²) < 4.78 is 12.6. The maximum atomic E-state index is 5.92. The first-order valence-corrected chi connectivity index (χ1v) is 7.79. The lowest BCUT2D eigenvalue weighted by Gasteiger charge is -2.11. The molecule has 1 atom stereocenters. The Morgan fingerprint density at radius 1 is 1.55 bits per heavy atom. The Labute approximate surface area is 131 Å². The number of hydrogen-bond donors (Lipinski definition) is 2. The SMILES string of the molecule is COCCn1nc(C)c(CN=C(N)NCC2CCCO2)c1C. The van der Waals surface area contributed by atoms with Crippen LogP contribution < -0.4 is 11.1 Å². The van der Waals surface area contributed by atoms with E-state index in [9.17, 15) is 0 Å².